The Morgan fingerprint density at radius 3 is 2.85 bits per heavy atom. The summed E-state index contributed by atoms with van der Waals surface area (Å²) in [5.41, 5.74) is 1.43. The molecule has 0 unspecified atom stereocenters. The van der Waals surface area contributed by atoms with E-state index in [9.17, 15) is 0 Å². The lowest BCUT2D eigenvalue weighted by atomic mass is 10.2. The summed E-state index contributed by atoms with van der Waals surface area (Å²) in [6.45, 7) is 2.49. The van der Waals surface area contributed by atoms with Crippen LogP contribution in [-0.2, 0) is 6.42 Å². The van der Waals surface area contributed by atoms with E-state index < -0.39 is 0 Å². The van der Waals surface area contributed by atoms with E-state index in [0.29, 0.717) is 22.9 Å². The van der Waals surface area contributed by atoms with Gasteiger partial charge in [-0.1, -0.05) is 16.8 Å². The first kappa shape index (κ1) is 14.4. The number of benzene rings is 1. The number of aromatic nitrogens is 1. The Hall–Kier alpha value is -1.99. The van der Waals surface area contributed by atoms with E-state index in [1.165, 1.54) is 0 Å². The largest absolute Gasteiger partial charge is 0.492 e. The minimum Gasteiger partial charge on any atom is -0.492 e. The third-order valence-electron chi connectivity index (χ3n) is 2.81. The van der Waals surface area contributed by atoms with Crippen LogP contribution in [0.3, 0.4) is 0 Å². The summed E-state index contributed by atoms with van der Waals surface area (Å²) in [5, 5.41) is 13.1. The van der Waals surface area contributed by atoms with Crippen LogP contribution in [0, 0.1) is 18.3 Å². The maximum Gasteiger partial charge on any atom is 0.137 e. The van der Waals surface area contributed by atoms with Crippen LogP contribution in [0.5, 0.6) is 5.75 Å². The Bertz CT molecular complexity index is 617. The van der Waals surface area contributed by atoms with Crippen LogP contribution in [0.4, 0.5) is 0 Å². The Kier molecular flexibility index (Phi) is 5.03. The minimum absolute atomic E-state index is 0.468. The number of nitrogens with zero attached hydrogens (tertiary/aromatic N) is 2. The molecule has 0 N–H and O–H groups in total. The van der Waals surface area contributed by atoms with Crippen molar-refractivity contribution in [2.24, 2.45) is 0 Å². The molecule has 0 saturated heterocycles. The van der Waals surface area contributed by atoms with Gasteiger partial charge in [0.05, 0.1) is 29.0 Å². The van der Waals surface area contributed by atoms with E-state index >= 15 is 0 Å². The predicted octanol–water partition coefficient (Wildman–Crippen LogP) is 3.91. The van der Waals surface area contributed by atoms with Crippen molar-refractivity contribution in [1.29, 1.82) is 5.26 Å². The number of rotatable bonds is 6. The normalized spacial score (nSPS) is 10.2. The zero-order chi connectivity index (χ0) is 14.4. The lowest BCUT2D eigenvalue weighted by Gasteiger charge is -2.07. The number of ether oxygens (including phenoxy) is 1. The first-order valence-corrected chi connectivity index (χ1v) is 6.81. The number of unbranched alkanes of at least 4 members (excludes halogenated alkanes) is 1. The average molecular weight is 291 g/mol. The zero-order valence-corrected chi connectivity index (χ0v) is 12.0. The van der Waals surface area contributed by atoms with Gasteiger partial charge in [-0.2, -0.15) is 5.26 Å². The zero-order valence-electron chi connectivity index (χ0n) is 11.2. The number of halogens is 1. The monoisotopic (exact) mass is 290 g/mol. The van der Waals surface area contributed by atoms with Gasteiger partial charge in [-0.05, 0) is 38.0 Å². The Labute approximate surface area is 122 Å². The molecular weight excluding hydrogens is 276 g/mol. The molecule has 4 nitrogen and oxygen atoms in total. The molecular formula is C15H15ClN2O2. The molecule has 20 heavy (non-hydrogen) atoms. The molecule has 0 aliphatic heterocycles. The van der Waals surface area contributed by atoms with Gasteiger partial charge in [0.2, 0.25) is 0 Å². The van der Waals surface area contributed by atoms with Crippen molar-refractivity contribution in [3.8, 4) is 11.8 Å². The Morgan fingerprint density at radius 2 is 2.20 bits per heavy atom. The van der Waals surface area contributed by atoms with Crippen molar-refractivity contribution < 1.29 is 9.26 Å². The van der Waals surface area contributed by atoms with Crippen LogP contribution in [0.1, 0.15) is 29.9 Å². The van der Waals surface area contributed by atoms with Crippen LogP contribution >= 0.6 is 11.6 Å². The first-order valence-electron chi connectivity index (χ1n) is 6.43. The fourth-order valence-corrected chi connectivity index (χ4v) is 2.04. The molecule has 1 aromatic carbocycles. The molecule has 2 aromatic rings. The fraction of sp³-hybridized carbons (Fsp3) is 0.333. The summed E-state index contributed by atoms with van der Waals surface area (Å²) in [5.74, 6) is 1.51. The van der Waals surface area contributed by atoms with Crippen molar-refractivity contribution in [2.45, 2.75) is 26.2 Å². The quantitative estimate of drug-likeness (QED) is 0.757. The average Bonchev–Trinajstić information content (AvgIpc) is 2.85. The van der Waals surface area contributed by atoms with E-state index in [1.54, 1.807) is 18.2 Å². The molecule has 1 heterocycles. The highest BCUT2D eigenvalue weighted by Crippen LogP contribution is 2.25. The standard InChI is InChI=1S/C15H15ClN2O2/c1-11-8-13(20-18-11)4-2-3-7-19-15-6-5-12(10-17)9-14(15)16/h5-6,8-9H,2-4,7H2,1H3. The van der Waals surface area contributed by atoms with E-state index in [2.05, 4.69) is 5.16 Å². The molecule has 0 saturated carbocycles. The van der Waals surface area contributed by atoms with Crippen molar-refractivity contribution in [2.75, 3.05) is 6.61 Å². The molecule has 1 aromatic heterocycles. The van der Waals surface area contributed by atoms with E-state index in [1.807, 2.05) is 19.1 Å². The van der Waals surface area contributed by atoms with Gasteiger partial charge in [0.1, 0.15) is 11.5 Å². The number of nitriles is 1. The topological polar surface area (TPSA) is 59.0 Å². The van der Waals surface area contributed by atoms with Gasteiger partial charge in [-0.3, -0.25) is 0 Å². The van der Waals surface area contributed by atoms with Gasteiger partial charge in [0.25, 0.3) is 0 Å². The summed E-state index contributed by atoms with van der Waals surface area (Å²) in [6, 6.07) is 9.00. The Morgan fingerprint density at radius 1 is 1.35 bits per heavy atom. The summed E-state index contributed by atoms with van der Waals surface area (Å²) < 4.78 is 10.7. The van der Waals surface area contributed by atoms with Gasteiger partial charge in [-0.25, -0.2) is 0 Å². The molecule has 2 rings (SSSR count). The van der Waals surface area contributed by atoms with Crippen molar-refractivity contribution in [1.82, 2.24) is 5.16 Å². The molecule has 0 radical (unpaired) electrons. The molecule has 0 aliphatic carbocycles. The molecule has 0 aliphatic rings. The minimum atomic E-state index is 0.468. The third kappa shape index (κ3) is 4.01. The summed E-state index contributed by atoms with van der Waals surface area (Å²) in [4.78, 5) is 0. The first-order chi connectivity index (χ1) is 9.69. The molecule has 104 valence electrons. The summed E-state index contributed by atoms with van der Waals surface area (Å²) in [6.07, 6.45) is 2.71. The van der Waals surface area contributed by atoms with Gasteiger partial charge < -0.3 is 9.26 Å². The van der Waals surface area contributed by atoms with Crippen molar-refractivity contribution in [3.05, 3.63) is 46.3 Å². The second-order valence-electron chi connectivity index (χ2n) is 4.50. The van der Waals surface area contributed by atoms with Gasteiger partial charge in [0, 0.05) is 12.5 Å². The molecule has 0 bridgehead atoms. The maximum absolute atomic E-state index is 8.75. The summed E-state index contributed by atoms with van der Waals surface area (Å²) >= 11 is 6.02. The third-order valence-corrected chi connectivity index (χ3v) is 3.11. The van der Waals surface area contributed by atoms with Crippen LogP contribution in [0.2, 0.25) is 5.02 Å². The van der Waals surface area contributed by atoms with Gasteiger partial charge in [0.15, 0.2) is 0 Å². The van der Waals surface area contributed by atoms with E-state index in [4.69, 9.17) is 26.1 Å². The van der Waals surface area contributed by atoms with Gasteiger partial charge in [-0.15, -0.1) is 0 Å². The number of hydrogen-bond donors (Lipinski definition) is 0. The lowest BCUT2D eigenvalue weighted by molar-refractivity contribution is 0.302. The number of hydrogen-bond acceptors (Lipinski definition) is 4. The smallest absolute Gasteiger partial charge is 0.137 e. The van der Waals surface area contributed by atoms with Crippen LogP contribution in [0.15, 0.2) is 28.8 Å². The fourth-order valence-electron chi connectivity index (χ4n) is 1.80. The Balaban J connectivity index is 1.72. The highest BCUT2D eigenvalue weighted by Gasteiger charge is 2.04. The molecule has 0 spiro atoms. The predicted molar refractivity (Wildman–Crippen MR) is 75.8 cm³/mol. The van der Waals surface area contributed by atoms with Crippen LogP contribution in [-0.4, -0.2) is 11.8 Å². The second-order valence-corrected chi connectivity index (χ2v) is 4.90. The van der Waals surface area contributed by atoms with Crippen molar-refractivity contribution in [3.63, 3.8) is 0 Å². The maximum atomic E-state index is 8.75. The van der Waals surface area contributed by atoms with Gasteiger partial charge >= 0.3 is 0 Å². The molecule has 5 heteroatoms. The highest BCUT2D eigenvalue weighted by molar-refractivity contribution is 6.32. The SMILES string of the molecule is Cc1cc(CCCCOc2ccc(C#N)cc2Cl)on1. The van der Waals surface area contributed by atoms with Crippen molar-refractivity contribution >= 4 is 11.6 Å². The lowest BCUT2D eigenvalue weighted by Crippen LogP contribution is -1.98. The molecule has 0 atom stereocenters. The summed E-state index contributed by atoms with van der Waals surface area (Å²) in [7, 11) is 0. The molecule has 0 amide bonds. The van der Waals surface area contributed by atoms with E-state index in [0.717, 1.165) is 30.7 Å². The van der Waals surface area contributed by atoms with Crippen LogP contribution < -0.4 is 4.74 Å². The number of aryl methyl sites for hydroxylation is 2. The van der Waals surface area contributed by atoms with Crippen LogP contribution in [0.25, 0.3) is 0 Å². The molecule has 0 fully saturated rings. The van der Waals surface area contributed by atoms with E-state index in [-0.39, 0.29) is 0 Å². The second kappa shape index (κ2) is 6.97. The highest BCUT2D eigenvalue weighted by atomic mass is 35.5.